The maximum atomic E-state index is 13.8. The fourth-order valence-electron chi connectivity index (χ4n) is 5.59. The van der Waals surface area contributed by atoms with Crippen LogP contribution in [0.2, 0.25) is 0 Å². The third-order valence-corrected chi connectivity index (χ3v) is 7.67. The van der Waals surface area contributed by atoms with Crippen LogP contribution in [0.3, 0.4) is 0 Å². The number of rotatable bonds is 6. The first kappa shape index (κ1) is 27.7. The number of amides is 3. The third-order valence-electron chi connectivity index (χ3n) is 7.67. The maximum Gasteiger partial charge on any atom is 0.254 e. The molecule has 2 unspecified atom stereocenters. The number of aryl methyl sites for hydroxylation is 2. The standard InChI is InChI=1S/C31H37N3O6/c1-19-11-20(2)13-24(12-19)33-30(36)25-15-29(35)34(16-22-9-10-27-28(14-22)40-18-39-27)26(17-38-21(25)3)31(37)32-23-7-5-4-6-8-23/h9-15,21,23,26H,4-8,16-18H2,1-3H3,(H,32,37)(H,33,36)/b25-15-. The smallest absolute Gasteiger partial charge is 0.254 e. The lowest BCUT2D eigenvalue weighted by molar-refractivity contribution is -0.142. The van der Waals surface area contributed by atoms with Gasteiger partial charge in [-0.15, -0.1) is 0 Å². The quantitative estimate of drug-likeness (QED) is 0.563. The molecule has 2 aromatic rings. The summed E-state index contributed by atoms with van der Waals surface area (Å²) in [6, 6.07) is 10.4. The van der Waals surface area contributed by atoms with Gasteiger partial charge < -0.3 is 29.7 Å². The predicted octanol–water partition coefficient (Wildman–Crippen LogP) is 4.16. The summed E-state index contributed by atoms with van der Waals surface area (Å²) >= 11 is 0. The molecule has 0 aromatic heterocycles. The SMILES string of the molecule is Cc1cc(C)cc(NC(=O)/C2=C\C(=O)N(Cc3ccc4c(c3)OCO4)C(C(=O)NC3CCCCC3)COC2C)c1. The summed E-state index contributed by atoms with van der Waals surface area (Å²) in [4.78, 5) is 42.2. The van der Waals surface area contributed by atoms with Gasteiger partial charge in [0.25, 0.3) is 5.91 Å². The lowest BCUT2D eigenvalue weighted by Crippen LogP contribution is -2.54. The van der Waals surface area contributed by atoms with Crippen molar-refractivity contribution >= 4 is 23.4 Å². The summed E-state index contributed by atoms with van der Waals surface area (Å²) in [5.74, 6) is 0.136. The van der Waals surface area contributed by atoms with Gasteiger partial charge in [0.05, 0.1) is 18.3 Å². The first-order chi connectivity index (χ1) is 19.3. The number of fused-ring (bicyclic) bond motifs is 1. The molecule has 0 saturated heterocycles. The van der Waals surface area contributed by atoms with Gasteiger partial charge in [-0.1, -0.05) is 31.4 Å². The maximum absolute atomic E-state index is 13.8. The Kier molecular flexibility index (Phi) is 8.40. The molecule has 2 heterocycles. The largest absolute Gasteiger partial charge is 0.454 e. The summed E-state index contributed by atoms with van der Waals surface area (Å²) in [6.07, 6.45) is 5.78. The first-order valence-corrected chi connectivity index (χ1v) is 14.0. The van der Waals surface area contributed by atoms with Crippen LogP contribution in [-0.2, 0) is 25.7 Å². The van der Waals surface area contributed by atoms with Crippen LogP contribution >= 0.6 is 0 Å². The molecule has 1 saturated carbocycles. The van der Waals surface area contributed by atoms with E-state index >= 15 is 0 Å². The predicted molar refractivity (Wildman–Crippen MR) is 150 cm³/mol. The van der Waals surface area contributed by atoms with Gasteiger partial charge in [-0.2, -0.15) is 0 Å². The average molecular weight is 548 g/mol. The number of nitrogens with one attached hydrogen (secondary N) is 2. The van der Waals surface area contributed by atoms with Gasteiger partial charge in [-0.3, -0.25) is 14.4 Å². The van der Waals surface area contributed by atoms with Crippen LogP contribution in [0.5, 0.6) is 11.5 Å². The molecule has 2 N–H and O–H groups in total. The van der Waals surface area contributed by atoms with Crippen molar-refractivity contribution in [2.45, 2.75) is 77.6 Å². The van der Waals surface area contributed by atoms with E-state index in [2.05, 4.69) is 10.6 Å². The van der Waals surface area contributed by atoms with Crippen molar-refractivity contribution in [1.82, 2.24) is 10.2 Å². The number of ether oxygens (including phenoxy) is 3. The Morgan fingerprint density at radius 2 is 1.70 bits per heavy atom. The van der Waals surface area contributed by atoms with Gasteiger partial charge in [0.2, 0.25) is 18.6 Å². The van der Waals surface area contributed by atoms with E-state index in [9.17, 15) is 14.4 Å². The minimum absolute atomic E-state index is 0.0375. The number of nitrogens with zero attached hydrogens (tertiary/aromatic N) is 1. The highest BCUT2D eigenvalue weighted by Gasteiger charge is 2.35. The van der Waals surface area contributed by atoms with Crippen LogP contribution in [-0.4, -0.2) is 54.2 Å². The molecule has 3 amide bonds. The summed E-state index contributed by atoms with van der Waals surface area (Å²) in [5.41, 5.74) is 3.66. The molecule has 2 atom stereocenters. The summed E-state index contributed by atoms with van der Waals surface area (Å²) in [7, 11) is 0. The molecule has 40 heavy (non-hydrogen) atoms. The molecule has 212 valence electrons. The van der Waals surface area contributed by atoms with Crippen molar-refractivity contribution < 1.29 is 28.6 Å². The van der Waals surface area contributed by atoms with E-state index in [1.54, 1.807) is 13.0 Å². The van der Waals surface area contributed by atoms with Crippen LogP contribution in [0, 0.1) is 13.8 Å². The Balaban J connectivity index is 1.42. The normalized spacial score (nSPS) is 22.6. The van der Waals surface area contributed by atoms with Gasteiger partial charge in [0.1, 0.15) is 6.04 Å². The fourth-order valence-corrected chi connectivity index (χ4v) is 5.59. The highest BCUT2D eigenvalue weighted by molar-refractivity contribution is 6.09. The van der Waals surface area contributed by atoms with Gasteiger partial charge in [0.15, 0.2) is 11.5 Å². The monoisotopic (exact) mass is 547 g/mol. The molecule has 0 radical (unpaired) electrons. The highest BCUT2D eigenvalue weighted by Crippen LogP contribution is 2.33. The van der Waals surface area contributed by atoms with Crippen molar-refractivity contribution in [2.24, 2.45) is 0 Å². The fraction of sp³-hybridized carbons (Fsp3) is 0.452. The topological polar surface area (TPSA) is 106 Å². The second kappa shape index (κ2) is 12.1. The summed E-state index contributed by atoms with van der Waals surface area (Å²) < 4.78 is 17.0. The Morgan fingerprint density at radius 1 is 0.975 bits per heavy atom. The van der Waals surface area contributed by atoms with Crippen LogP contribution in [0.4, 0.5) is 5.69 Å². The first-order valence-electron chi connectivity index (χ1n) is 14.0. The van der Waals surface area contributed by atoms with Crippen molar-refractivity contribution in [3.05, 3.63) is 64.7 Å². The van der Waals surface area contributed by atoms with Crippen molar-refractivity contribution in [1.29, 1.82) is 0 Å². The van der Waals surface area contributed by atoms with Gasteiger partial charge in [-0.05, 0) is 74.6 Å². The van der Waals surface area contributed by atoms with E-state index in [0.717, 1.165) is 42.4 Å². The average Bonchev–Trinajstić information content (AvgIpc) is 3.38. The van der Waals surface area contributed by atoms with Crippen LogP contribution in [0.25, 0.3) is 0 Å². The van der Waals surface area contributed by atoms with Crippen LogP contribution in [0.1, 0.15) is 55.7 Å². The van der Waals surface area contributed by atoms with E-state index in [1.165, 1.54) is 17.4 Å². The van der Waals surface area contributed by atoms with E-state index in [4.69, 9.17) is 14.2 Å². The minimum Gasteiger partial charge on any atom is -0.454 e. The molecule has 0 spiro atoms. The molecular formula is C31H37N3O6. The molecule has 1 fully saturated rings. The summed E-state index contributed by atoms with van der Waals surface area (Å²) in [6.45, 7) is 5.88. The lowest BCUT2D eigenvalue weighted by atomic mass is 9.95. The Morgan fingerprint density at radius 3 is 2.45 bits per heavy atom. The number of anilines is 1. The minimum atomic E-state index is -0.859. The van der Waals surface area contributed by atoms with E-state index < -0.39 is 24.0 Å². The van der Waals surface area contributed by atoms with E-state index in [0.29, 0.717) is 17.2 Å². The van der Waals surface area contributed by atoms with Crippen LogP contribution in [0.15, 0.2) is 48.0 Å². The molecule has 5 rings (SSSR count). The Hall–Kier alpha value is -3.85. The number of carbonyl (C=O) groups excluding carboxylic acids is 3. The lowest BCUT2D eigenvalue weighted by Gasteiger charge is -2.35. The van der Waals surface area contributed by atoms with Gasteiger partial charge in [-0.25, -0.2) is 0 Å². The van der Waals surface area contributed by atoms with Crippen molar-refractivity contribution in [3.63, 3.8) is 0 Å². The van der Waals surface area contributed by atoms with E-state index in [-0.39, 0.29) is 37.5 Å². The number of carbonyl (C=O) groups is 3. The zero-order chi connectivity index (χ0) is 28.2. The van der Waals surface area contributed by atoms with Gasteiger partial charge >= 0.3 is 0 Å². The molecule has 3 aliphatic rings. The number of benzene rings is 2. The molecule has 9 nitrogen and oxygen atoms in total. The molecule has 9 heteroatoms. The van der Waals surface area contributed by atoms with E-state index in [1.807, 2.05) is 44.2 Å². The third kappa shape index (κ3) is 6.47. The van der Waals surface area contributed by atoms with Crippen molar-refractivity contribution in [3.8, 4) is 11.5 Å². The molecule has 0 bridgehead atoms. The highest BCUT2D eigenvalue weighted by atomic mass is 16.7. The van der Waals surface area contributed by atoms with Gasteiger partial charge in [0, 0.05) is 24.4 Å². The van der Waals surface area contributed by atoms with Crippen molar-refractivity contribution in [2.75, 3.05) is 18.7 Å². The Bertz CT molecular complexity index is 1300. The van der Waals surface area contributed by atoms with Crippen LogP contribution < -0.4 is 20.1 Å². The molecule has 2 aromatic carbocycles. The second-order valence-electron chi connectivity index (χ2n) is 10.9. The zero-order valence-electron chi connectivity index (χ0n) is 23.3. The molecule has 2 aliphatic heterocycles. The summed E-state index contributed by atoms with van der Waals surface area (Å²) in [5, 5.41) is 6.05. The Labute approximate surface area is 234 Å². The molecular weight excluding hydrogens is 510 g/mol. The number of hydrogen-bond acceptors (Lipinski definition) is 6. The zero-order valence-corrected chi connectivity index (χ0v) is 23.3. The molecule has 1 aliphatic carbocycles. The second-order valence-corrected chi connectivity index (χ2v) is 10.9. The number of hydrogen-bond donors (Lipinski definition) is 2.